The largest absolute Gasteiger partial charge is 0.465 e. The van der Waals surface area contributed by atoms with Crippen LogP contribution in [0.15, 0.2) is 17.3 Å². The topological polar surface area (TPSA) is 102 Å². The molecule has 0 radical (unpaired) electrons. The Balaban J connectivity index is 2.87. The van der Waals surface area contributed by atoms with Gasteiger partial charge in [0.1, 0.15) is 11.4 Å². The van der Waals surface area contributed by atoms with Crippen LogP contribution in [0.25, 0.3) is 0 Å². The van der Waals surface area contributed by atoms with Gasteiger partial charge in [-0.25, -0.2) is 8.42 Å². The van der Waals surface area contributed by atoms with Crippen LogP contribution in [-0.4, -0.2) is 62.3 Å². The summed E-state index contributed by atoms with van der Waals surface area (Å²) in [5, 5.41) is 6.01. The molecule has 108 valence electrons. The van der Waals surface area contributed by atoms with E-state index < -0.39 is 16.0 Å². The Bertz CT molecular complexity index is 485. The van der Waals surface area contributed by atoms with Crippen LogP contribution >= 0.6 is 0 Å². The molecular weight excluding hydrogens is 274 g/mol. The van der Waals surface area contributed by atoms with Crippen LogP contribution in [-0.2, 0) is 24.3 Å². The van der Waals surface area contributed by atoms with Gasteiger partial charge in [0.05, 0.1) is 19.4 Å². The summed E-state index contributed by atoms with van der Waals surface area (Å²) in [6.45, 7) is 1.73. The zero-order valence-corrected chi connectivity index (χ0v) is 11.6. The van der Waals surface area contributed by atoms with E-state index in [0.29, 0.717) is 0 Å². The maximum Gasteiger partial charge on any atom is 0.321 e. The number of nitrogens with zero attached hydrogens (tertiary/aromatic N) is 2. The van der Waals surface area contributed by atoms with Gasteiger partial charge >= 0.3 is 5.97 Å². The molecule has 0 saturated heterocycles. The highest BCUT2D eigenvalue weighted by atomic mass is 32.2. The number of nitrogens with one attached hydrogen (secondary N) is 1. The second-order valence-corrected chi connectivity index (χ2v) is 5.51. The molecule has 0 amide bonds. The van der Waals surface area contributed by atoms with Crippen molar-refractivity contribution in [2.24, 2.45) is 0 Å². The van der Waals surface area contributed by atoms with E-state index >= 15 is 0 Å². The summed E-state index contributed by atoms with van der Waals surface area (Å²) in [6.07, 6.45) is 2.43. The van der Waals surface area contributed by atoms with E-state index in [-0.39, 0.29) is 31.2 Å². The van der Waals surface area contributed by atoms with E-state index in [1.807, 2.05) is 0 Å². The molecule has 0 atom stereocenters. The fraction of sp³-hybridized carbons (Fsp3) is 0.600. The molecule has 19 heavy (non-hydrogen) atoms. The van der Waals surface area contributed by atoms with Crippen LogP contribution in [0.1, 0.15) is 6.92 Å². The lowest BCUT2D eigenvalue weighted by Gasteiger charge is -2.19. The smallest absolute Gasteiger partial charge is 0.321 e. The molecular formula is C10H17N3O5S. The number of sulfonamides is 1. The molecule has 0 fully saturated rings. The summed E-state index contributed by atoms with van der Waals surface area (Å²) in [5.74, 6) is -0.606. The molecule has 1 N–H and O–H groups in total. The first-order chi connectivity index (χ1) is 9.02. The molecule has 8 nitrogen and oxygen atoms in total. The van der Waals surface area contributed by atoms with Gasteiger partial charge in [-0.15, -0.1) is 0 Å². The highest BCUT2D eigenvalue weighted by Crippen LogP contribution is 2.13. The van der Waals surface area contributed by atoms with Crippen LogP contribution < -0.4 is 0 Å². The maximum absolute atomic E-state index is 12.2. The quantitative estimate of drug-likeness (QED) is 0.654. The van der Waals surface area contributed by atoms with Gasteiger partial charge in [0.25, 0.3) is 0 Å². The predicted molar refractivity (Wildman–Crippen MR) is 65.9 cm³/mol. The Morgan fingerprint density at radius 3 is 2.79 bits per heavy atom. The first-order valence-corrected chi connectivity index (χ1v) is 7.09. The third-order valence-electron chi connectivity index (χ3n) is 2.27. The Morgan fingerprint density at radius 2 is 2.26 bits per heavy atom. The summed E-state index contributed by atoms with van der Waals surface area (Å²) >= 11 is 0. The predicted octanol–water partition coefficient (Wildman–Crippen LogP) is -0.390. The Kier molecular flexibility index (Phi) is 5.93. The van der Waals surface area contributed by atoms with Crippen LogP contribution in [0.4, 0.5) is 0 Å². The number of hydrogen-bond acceptors (Lipinski definition) is 6. The highest BCUT2D eigenvalue weighted by Gasteiger charge is 2.27. The normalized spacial score (nSPS) is 11.7. The number of hydrogen-bond donors (Lipinski definition) is 1. The third kappa shape index (κ3) is 4.30. The van der Waals surface area contributed by atoms with Gasteiger partial charge in [-0.3, -0.25) is 9.89 Å². The van der Waals surface area contributed by atoms with Crippen molar-refractivity contribution in [3.8, 4) is 0 Å². The molecule has 1 aromatic heterocycles. The SMILES string of the molecule is CCOC(=O)CN(CCOC)S(=O)(=O)c1cn[nH]c1. The summed E-state index contributed by atoms with van der Waals surface area (Å²) < 4.78 is 35.1. The standard InChI is InChI=1S/C10H17N3O5S/c1-3-18-10(14)8-13(4-5-17-2)19(15,16)9-6-11-12-7-9/h6-7H,3-5,8H2,1-2H3,(H,11,12). The molecule has 9 heteroatoms. The van der Waals surface area contributed by atoms with E-state index in [1.54, 1.807) is 6.92 Å². The van der Waals surface area contributed by atoms with E-state index in [4.69, 9.17) is 9.47 Å². The van der Waals surface area contributed by atoms with E-state index in [0.717, 1.165) is 4.31 Å². The Labute approximate surface area is 111 Å². The second kappa shape index (κ2) is 7.22. The monoisotopic (exact) mass is 291 g/mol. The molecule has 0 aliphatic rings. The summed E-state index contributed by atoms with van der Waals surface area (Å²) in [4.78, 5) is 11.4. The molecule has 0 aromatic carbocycles. The number of aromatic amines is 1. The Morgan fingerprint density at radius 1 is 1.53 bits per heavy atom. The van der Waals surface area contributed by atoms with E-state index in [2.05, 4.69) is 10.2 Å². The van der Waals surface area contributed by atoms with Crippen LogP contribution in [0.5, 0.6) is 0 Å². The van der Waals surface area contributed by atoms with Crippen molar-refractivity contribution in [2.75, 3.05) is 33.4 Å². The van der Waals surface area contributed by atoms with Gasteiger partial charge in [0.15, 0.2) is 0 Å². The van der Waals surface area contributed by atoms with Gasteiger partial charge in [-0.1, -0.05) is 0 Å². The molecule has 0 spiro atoms. The van der Waals surface area contributed by atoms with Crippen molar-refractivity contribution in [1.82, 2.24) is 14.5 Å². The first-order valence-electron chi connectivity index (χ1n) is 5.65. The fourth-order valence-corrected chi connectivity index (χ4v) is 2.63. The van der Waals surface area contributed by atoms with Crippen molar-refractivity contribution in [1.29, 1.82) is 0 Å². The summed E-state index contributed by atoms with van der Waals surface area (Å²) in [5.41, 5.74) is 0. The molecule has 0 aliphatic carbocycles. The van der Waals surface area contributed by atoms with Gasteiger partial charge in [-0.05, 0) is 6.92 Å². The van der Waals surface area contributed by atoms with Crippen molar-refractivity contribution in [3.05, 3.63) is 12.4 Å². The number of methoxy groups -OCH3 is 1. The number of rotatable bonds is 8. The lowest BCUT2D eigenvalue weighted by molar-refractivity contribution is -0.143. The van der Waals surface area contributed by atoms with Crippen molar-refractivity contribution in [3.63, 3.8) is 0 Å². The molecule has 0 saturated carbocycles. The van der Waals surface area contributed by atoms with E-state index in [1.165, 1.54) is 19.5 Å². The van der Waals surface area contributed by atoms with Crippen LogP contribution in [0, 0.1) is 0 Å². The average molecular weight is 291 g/mol. The zero-order chi connectivity index (χ0) is 14.3. The maximum atomic E-state index is 12.2. The number of carbonyl (C=O) groups excluding carboxylic acids is 1. The number of aromatic nitrogens is 2. The second-order valence-electron chi connectivity index (χ2n) is 3.57. The number of carbonyl (C=O) groups is 1. The van der Waals surface area contributed by atoms with Crippen LogP contribution in [0.3, 0.4) is 0 Å². The number of esters is 1. The number of ether oxygens (including phenoxy) is 2. The minimum Gasteiger partial charge on any atom is -0.465 e. The summed E-state index contributed by atoms with van der Waals surface area (Å²) in [6, 6.07) is 0. The molecule has 0 unspecified atom stereocenters. The van der Waals surface area contributed by atoms with E-state index in [9.17, 15) is 13.2 Å². The molecule has 1 rings (SSSR count). The lowest BCUT2D eigenvalue weighted by Crippen LogP contribution is -2.38. The fourth-order valence-electron chi connectivity index (χ4n) is 1.36. The van der Waals surface area contributed by atoms with Crippen molar-refractivity contribution in [2.45, 2.75) is 11.8 Å². The number of H-pyrrole nitrogens is 1. The molecule has 0 bridgehead atoms. The zero-order valence-electron chi connectivity index (χ0n) is 10.8. The average Bonchev–Trinajstić information content (AvgIpc) is 2.89. The van der Waals surface area contributed by atoms with Gasteiger partial charge in [0.2, 0.25) is 10.0 Å². The highest BCUT2D eigenvalue weighted by molar-refractivity contribution is 7.89. The third-order valence-corrected chi connectivity index (χ3v) is 4.08. The minimum absolute atomic E-state index is 0.00657. The first kappa shape index (κ1) is 15.6. The Hall–Kier alpha value is -1.45. The van der Waals surface area contributed by atoms with Crippen LogP contribution in [0.2, 0.25) is 0 Å². The van der Waals surface area contributed by atoms with Gasteiger partial charge in [-0.2, -0.15) is 9.40 Å². The molecule has 0 aliphatic heterocycles. The summed E-state index contributed by atoms with van der Waals surface area (Å²) in [7, 11) is -2.33. The van der Waals surface area contributed by atoms with Gasteiger partial charge in [0, 0.05) is 19.9 Å². The lowest BCUT2D eigenvalue weighted by atomic mass is 10.6. The van der Waals surface area contributed by atoms with Gasteiger partial charge < -0.3 is 9.47 Å². The molecule has 1 heterocycles. The van der Waals surface area contributed by atoms with Crippen molar-refractivity contribution >= 4 is 16.0 Å². The van der Waals surface area contributed by atoms with Crippen molar-refractivity contribution < 1.29 is 22.7 Å². The minimum atomic E-state index is -3.78. The molecule has 1 aromatic rings.